The highest BCUT2D eigenvalue weighted by Gasteiger charge is 2.58. The summed E-state index contributed by atoms with van der Waals surface area (Å²) in [6, 6.07) is 0.855. The fraction of sp³-hybridized carbons (Fsp3) is 0.950. The molecule has 2 saturated carbocycles. The van der Waals surface area contributed by atoms with Crippen molar-refractivity contribution >= 4 is 39.8 Å². The van der Waals surface area contributed by atoms with Gasteiger partial charge < -0.3 is 15.4 Å². The van der Waals surface area contributed by atoms with E-state index in [0.29, 0.717) is 42.2 Å². The van der Waals surface area contributed by atoms with Gasteiger partial charge in [0.2, 0.25) is 0 Å². The van der Waals surface area contributed by atoms with Crippen molar-refractivity contribution in [3.8, 4) is 0 Å². The monoisotopic (exact) mass is 525 g/mol. The highest BCUT2D eigenvalue weighted by atomic mass is 127. The second kappa shape index (κ2) is 8.96. The smallest absolute Gasteiger partial charge is 0.191 e. The Hall–Kier alpha value is -0.0900. The minimum absolute atomic E-state index is 0. The molecule has 4 atom stereocenters. The number of ether oxygens (including phenoxy) is 1. The van der Waals surface area contributed by atoms with Crippen LogP contribution in [0.25, 0.3) is 0 Å². The molecule has 2 heterocycles. The maximum Gasteiger partial charge on any atom is 0.191 e. The zero-order valence-electron chi connectivity index (χ0n) is 17.2. The molecule has 162 valence electrons. The van der Waals surface area contributed by atoms with Gasteiger partial charge in [0, 0.05) is 36.6 Å². The third kappa shape index (κ3) is 4.79. The first-order valence-corrected chi connectivity index (χ1v) is 12.6. The molecule has 4 rings (SSSR count). The number of hydrogen-bond acceptors (Lipinski definition) is 4. The Balaban J connectivity index is 0.00000225. The van der Waals surface area contributed by atoms with Crippen LogP contribution in [0.2, 0.25) is 0 Å². The van der Waals surface area contributed by atoms with Crippen molar-refractivity contribution in [1.29, 1.82) is 0 Å². The van der Waals surface area contributed by atoms with Gasteiger partial charge in [-0.1, -0.05) is 26.7 Å². The Kier molecular flexibility index (Phi) is 7.23. The van der Waals surface area contributed by atoms with E-state index in [-0.39, 0.29) is 35.3 Å². The van der Waals surface area contributed by atoms with Crippen LogP contribution in [0.15, 0.2) is 4.99 Å². The first kappa shape index (κ1) is 22.6. The molecular formula is C20H36IN3O3S. The zero-order chi connectivity index (χ0) is 19.1. The zero-order valence-corrected chi connectivity index (χ0v) is 20.3. The van der Waals surface area contributed by atoms with Crippen LogP contribution in [0.4, 0.5) is 0 Å². The van der Waals surface area contributed by atoms with Crippen molar-refractivity contribution in [2.45, 2.75) is 77.0 Å². The van der Waals surface area contributed by atoms with E-state index in [1.54, 1.807) is 0 Å². The van der Waals surface area contributed by atoms with E-state index >= 15 is 0 Å². The Morgan fingerprint density at radius 2 is 1.86 bits per heavy atom. The van der Waals surface area contributed by atoms with E-state index in [0.717, 1.165) is 25.4 Å². The Morgan fingerprint density at radius 1 is 1.11 bits per heavy atom. The van der Waals surface area contributed by atoms with Gasteiger partial charge in [-0.25, -0.2) is 8.42 Å². The predicted octanol–water partition coefficient (Wildman–Crippen LogP) is 2.72. The molecule has 6 nitrogen and oxygen atoms in total. The number of nitrogens with zero attached hydrogens (tertiary/aromatic N) is 1. The van der Waals surface area contributed by atoms with E-state index < -0.39 is 9.84 Å². The molecule has 4 unspecified atom stereocenters. The lowest BCUT2D eigenvalue weighted by Gasteiger charge is -2.60. The molecule has 28 heavy (non-hydrogen) atoms. The van der Waals surface area contributed by atoms with E-state index in [9.17, 15) is 8.42 Å². The van der Waals surface area contributed by atoms with Gasteiger partial charge in [-0.15, -0.1) is 24.0 Å². The number of halogens is 1. The Labute approximate surface area is 187 Å². The minimum Gasteiger partial charge on any atom is -0.377 e. The average Bonchev–Trinajstić information content (AvgIpc) is 3.26. The SMILES string of the molecule is CC1(C)C(NC(=NCC2CCS(=O)(=O)C2)NC2CCCC2)C2CCCOC21.I. The first-order chi connectivity index (χ1) is 12.9. The summed E-state index contributed by atoms with van der Waals surface area (Å²) in [5, 5.41) is 7.37. The van der Waals surface area contributed by atoms with Crippen LogP contribution < -0.4 is 10.6 Å². The van der Waals surface area contributed by atoms with E-state index in [1.807, 2.05) is 0 Å². The molecule has 0 aromatic carbocycles. The van der Waals surface area contributed by atoms with Gasteiger partial charge in [-0.3, -0.25) is 4.99 Å². The van der Waals surface area contributed by atoms with Crippen molar-refractivity contribution in [1.82, 2.24) is 10.6 Å². The number of nitrogens with one attached hydrogen (secondary N) is 2. The van der Waals surface area contributed by atoms with Crippen molar-refractivity contribution < 1.29 is 13.2 Å². The molecule has 0 amide bonds. The summed E-state index contributed by atoms with van der Waals surface area (Å²) in [5.74, 6) is 2.21. The summed E-state index contributed by atoms with van der Waals surface area (Å²) in [4.78, 5) is 4.85. The van der Waals surface area contributed by atoms with Gasteiger partial charge in [-0.2, -0.15) is 0 Å². The second-order valence-corrected chi connectivity index (χ2v) is 11.9. The normalized spacial score (nSPS) is 36.9. The molecule has 2 saturated heterocycles. The van der Waals surface area contributed by atoms with Gasteiger partial charge in [0.25, 0.3) is 0 Å². The maximum atomic E-state index is 11.7. The van der Waals surface area contributed by atoms with Crippen molar-refractivity contribution in [2.75, 3.05) is 24.7 Å². The summed E-state index contributed by atoms with van der Waals surface area (Å²) in [6.45, 7) is 6.05. The molecule has 0 radical (unpaired) electrons. The lowest BCUT2D eigenvalue weighted by Crippen LogP contribution is -2.71. The van der Waals surface area contributed by atoms with Crippen molar-refractivity contribution in [3.05, 3.63) is 0 Å². The Morgan fingerprint density at radius 3 is 2.54 bits per heavy atom. The van der Waals surface area contributed by atoms with Crippen molar-refractivity contribution in [2.24, 2.45) is 22.2 Å². The Bertz CT molecular complexity index is 676. The number of rotatable bonds is 4. The summed E-state index contributed by atoms with van der Waals surface area (Å²) >= 11 is 0. The lowest BCUT2D eigenvalue weighted by atomic mass is 9.55. The standard InChI is InChI=1S/C20H35N3O3S.HI/c1-20(2)17(16-8-5-10-26-18(16)20)23-19(22-15-6-3-4-7-15)21-12-14-9-11-27(24,25)13-14;/h14-18H,3-13H2,1-2H3,(H2,21,22,23);1H. The molecule has 2 aliphatic carbocycles. The number of guanidine groups is 1. The molecular weight excluding hydrogens is 489 g/mol. The molecule has 0 aromatic heterocycles. The third-order valence-corrected chi connectivity index (χ3v) is 8.99. The van der Waals surface area contributed by atoms with Crippen LogP contribution in [-0.2, 0) is 14.6 Å². The van der Waals surface area contributed by atoms with Crippen LogP contribution in [0.3, 0.4) is 0 Å². The summed E-state index contributed by atoms with van der Waals surface area (Å²) in [5.41, 5.74) is 0.0971. The highest BCUT2D eigenvalue weighted by Crippen LogP contribution is 2.51. The summed E-state index contributed by atoms with van der Waals surface area (Å²) in [7, 11) is -2.84. The van der Waals surface area contributed by atoms with Crippen LogP contribution in [0.1, 0.15) is 58.8 Å². The van der Waals surface area contributed by atoms with E-state index in [2.05, 4.69) is 24.5 Å². The quantitative estimate of drug-likeness (QED) is 0.335. The fourth-order valence-electron chi connectivity index (χ4n) is 5.60. The highest BCUT2D eigenvalue weighted by molar-refractivity contribution is 14.0. The first-order valence-electron chi connectivity index (χ1n) is 10.7. The lowest BCUT2D eigenvalue weighted by molar-refractivity contribution is -0.188. The van der Waals surface area contributed by atoms with Crippen molar-refractivity contribution in [3.63, 3.8) is 0 Å². The second-order valence-electron chi connectivity index (χ2n) is 9.62. The largest absolute Gasteiger partial charge is 0.377 e. The molecule has 2 aliphatic heterocycles. The molecule has 0 spiro atoms. The minimum atomic E-state index is -2.84. The fourth-order valence-corrected chi connectivity index (χ4v) is 7.45. The molecule has 0 bridgehead atoms. The summed E-state index contributed by atoms with van der Waals surface area (Å²) < 4.78 is 29.5. The van der Waals surface area contributed by atoms with Gasteiger partial charge in [-0.05, 0) is 38.0 Å². The van der Waals surface area contributed by atoms with Crippen LogP contribution in [0.5, 0.6) is 0 Å². The third-order valence-electron chi connectivity index (χ3n) is 7.15. The number of hydrogen-bond donors (Lipinski definition) is 2. The van der Waals surface area contributed by atoms with E-state index in [1.165, 1.54) is 32.1 Å². The molecule has 2 N–H and O–H groups in total. The van der Waals surface area contributed by atoms with Crippen LogP contribution in [-0.4, -0.2) is 57.2 Å². The number of sulfone groups is 1. The summed E-state index contributed by atoms with van der Waals surface area (Å²) in [6.07, 6.45) is 8.38. The average molecular weight is 525 g/mol. The van der Waals surface area contributed by atoms with Gasteiger partial charge in [0.15, 0.2) is 15.8 Å². The molecule has 0 aromatic rings. The predicted molar refractivity (Wildman–Crippen MR) is 123 cm³/mol. The molecule has 8 heteroatoms. The van der Waals surface area contributed by atoms with Crippen LogP contribution in [0, 0.1) is 17.3 Å². The van der Waals surface area contributed by atoms with E-state index in [4.69, 9.17) is 9.73 Å². The topological polar surface area (TPSA) is 79.8 Å². The van der Waals surface area contributed by atoms with Gasteiger partial charge >= 0.3 is 0 Å². The number of aliphatic imine (C=N–C) groups is 1. The molecule has 4 fully saturated rings. The van der Waals surface area contributed by atoms with Gasteiger partial charge in [0.05, 0.1) is 17.6 Å². The van der Waals surface area contributed by atoms with Crippen LogP contribution >= 0.6 is 24.0 Å². The maximum absolute atomic E-state index is 11.7. The van der Waals surface area contributed by atoms with Gasteiger partial charge in [0.1, 0.15) is 0 Å². The number of fused-ring (bicyclic) bond motifs is 1. The molecule has 4 aliphatic rings.